The van der Waals surface area contributed by atoms with Gasteiger partial charge < -0.3 is 9.13 Å². The number of para-hydroxylation sites is 3. The van der Waals surface area contributed by atoms with E-state index in [0.29, 0.717) is 0 Å². The second-order valence-corrected chi connectivity index (χ2v) is 13.3. The molecule has 0 spiro atoms. The monoisotopic (exact) mass is 622 g/mol. The summed E-state index contributed by atoms with van der Waals surface area (Å²) in [6.45, 7) is 0. The lowest BCUT2D eigenvalue weighted by molar-refractivity contribution is 1.12. The van der Waals surface area contributed by atoms with Crippen molar-refractivity contribution in [3.05, 3.63) is 181 Å². The van der Waals surface area contributed by atoms with Crippen molar-refractivity contribution in [1.29, 1.82) is 0 Å². The second kappa shape index (κ2) is 10.1. The zero-order chi connectivity index (χ0) is 32.1. The van der Waals surface area contributed by atoms with Crippen LogP contribution >= 0.6 is 0 Å². The molecular formula is C47H30N2. The summed E-state index contributed by atoms with van der Waals surface area (Å²) in [7, 11) is 0. The molecule has 0 N–H and O–H groups in total. The lowest BCUT2D eigenvalue weighted by Gasteiger charge is -2.13. The molecule has 2 heterocycles. The molecule has 0 fully saturated rings. The van der Waals surface area contributed by atoms with Gasteiger partial charge in [0.05, 0.1) is 27.8 Å². The Morgan fingerprint density at radius 3 is 1.73 bits per heavy atom. The Morgan fingerprint density at radius 1 is 0.367 bits per heavy atom. The highest BCUT2D eigenvalue weighted by molar-refractivity contribution is 6.29. The third-order valence-electron chi connectivity index (χ3n) is 10.8. The van der Waals surface area contributed by atoms with E-state index >= 15 is 0 Å². The zero-order valence-electron chi connectivity index (χ0n) is 26.8. The fourth-order valence-electron chi connectivity index (χ4n) is 8.69. The van der Waals surface area contributed by atoms with Crippen LogP contribution in [0.25, 0.3) is 88.0 Å². The van der Waals surface area contributed by atoms with Crippen LogP contribution in [0.15, 0.2) is 170 Å². The SMILES string of the molecule is c1ccc(-n2c3ccccc3c3c4c5ccccc5n(-c5cccc6c5Cc5c(-c7ccc8ccccc8c7)cccc5-6)c4ccc32)cc1. The predicted octanol–water partition coefficient (Wildman–Crippen LogP) is 12.3. The van der Waals surface area contributed by atoms with Crippen LogP contribution in [-0.2, 0) is 6.42 Å². The maximum atomic E-state index is 2.53. The molecule has 2 aromatic heterocycles. The van der Waals surface area contributed by atoms with Crippen molar-refractivity contribution in [2.24, 2.45) is 0 Å². The molecule has 228 valence electrons. The van der Waals surface area contributed by atoms with Gasteiger partial charge in [-0.25, -0.2) is 0 Å². The molecule has 2 nitrogen and oxygen atoms in total. The summed E-state index contributed by atoms with van der Waals surface area (Å²) < 4.78 is 4.94. The Hall–Kier alpha value is -6.38. The number of aromatic nitrogens is 2. The minimum Gasteiger partial charge on any atom is -0.309 e. The molecule has 1 aliphatic rings. The Labute approximate surface area is 283 Å². The number of hydrogen-bond donors (Lipinski definition) is 0. The van der Waals surface area contributed by atoms with Crippen LogP contribution in [0.1, 0.15) is 11.1 Å². The summed E-state index contributed by atoms with van der Waals surface area (Å²) in [6.07, 6.45) is 0.896. The minimum absolute atomic E-state index is 0.896. The molecule has 0 aliphatic heterocycles. The minimum atomic E-state index is 0.896. The van der Waals surface area contributed by atoms with Crippen molar-refractivity contribution >= 4 is 54.4 Å². The lowest BCUT2D eigenvalue weighted by Crippen LogP contribution is -1.99. The maximum absolute atomic E-state index is 2.53. The Morgan fingerprint density at radius 2 is 0.959 bits per heavy atom. The molecule has 0 bridgehead atoms. The van der Waals surface area contributed by atoms with Gasteiger partial charge in [-0.15, -0.1) is 0 Å². The number of hydrogen-bond acceptors (Lipinski definition) is 0. The van der Waals surface area contributed by atoms with Crippen molar-refractivity contribution in [3.63, 3.8) is 0 Å². The summed E-state index contributed by atoms with van der Waals surface area (Å²) in [5, 5.41) is 7.73. The number of fused-ring (bicyclic) bond motifs is 11. The van der Waals surface area contributed by atoms with Crippen LogP contribution in [0.2, 0.25) is 0 Å². The molecule has 49 heavy (non-hydrogen) atoms. The molecular weight excluding hydrogens is 593 g/mol. The van der Waals surface area contributed by atoms with Crippen LogP contribution in [0.3, 0.4) is 0 Å². The van der Waals surface area contributed by atoms with E-state index in [1.807, 2.05) is 0 Å². The number of nitrogens with zero attached hydrogens (tertiary/aromatic N) is 2. The van der Waals surface area contributed by atoms with E-state index in [1.165, 1.54) is 99.1 Å². The van der Waals surface area contributed by atoms with Gasteiger partial charge in [-0.05, 0) is 92.7 Å². The van der Waals surface area contributed by atoms with E-state index in [1.54, 1.807) is 0 Å². The van der Waals surface area contributed by atoms with Crippen molar-refractivity contribution in [2.45, 2.75) is 6.42 Å². The Bertz CT molecular complexity index is 2960. The zero-order valence-corrected chi connectivity index (χ0v) is 26.8. The van der Waals surface area contributed by atoms with Gasteiger partial charge in [-0.1, -0.05) is 121 Å². The van der Waals surface area contributed by atoms with E-state index in [-0.39, 0.29) is 0 Å². The molecule has 0 saturated carbocycles. The van der Waals surface area contributed by atoms with Crippen molar-refractivity contribution in [1.82, 2.24) is 9.13 Å². The molecule has 8 aromatic carbocycles. The highest BCUT2D eigenvalue weighted by Crippen LogP contribution is 2.47. The van der Waals surface area contributed by atoms with Gasteiger partial charge in [0, 0.05) is 33.7 Å². The smallest absolute Gasteiger partial charge is 0.0549 e. The Balaban J connectivity index is 1.17. The van der Waals surface area contributed by atoms with Crippen LogP contribution < -0.4 is 0 Å². The first-order chi connectivity index (χ1) is 24.3. The third-order valence-corrected chi connectivity index (χ3v) is 10.8. The highest BCUT2D eigenvalue weighted by atomic mass is 15.0. The van der Waals surface area contributed by atoms with Gasteiger partial charge in [-0.3, -0.25) is 0 Å². The number of rotatable bonds is 3. The van der Waals surface area contributed by atoms with Gasteiger partial charge in [0.15, 0.2) is 0 Å². The standard InChI is InChI=1S/C47H30N2/c1-2-14-33(15-3-1)48-41-21-8-6-16-37(41)46-44(48)26-27-45-47(46)38-17-7-9-22-42(38)49(45)43-23-11-20-36-35-19-10-18-34(39(35)29-40(36)43)32-25-24-30-12-4-5-13-31(30)28-32/h1-28H,29H2. The summed E-state index contributed by atoms with van der Waals surface area (Å²) in [5.74, 6) is 0. The fourth-order valence-corrected chi connectivity index (χ4v) is 8.69. The molecule has 0 saturated heterocycles. The average molecular weight is 623 g/mol. The first-order valence-electron chi connectivity index (χ1n) is 17.1. The molecule has 10 aromatic rings. The summed E-state index contributed by atoms with van der Waals surface area (Å²) >= 11 is 0. The summed E-state index contributed by atoms with van der Waals surface area (Å²) in [5.41, 5.74) is 15.5. The average Bonchev–Trinajstić information content (AvgIpc) is 3.83. The highest BCUT2D eigenvalue weighted by Gasteiger charge is 2.27. The first kappa shape index (κ1) is 26.7. The van der Waals surface area contributed by atoms with Crippen LogP contribution in [-0.4, -0.2) is 9.13 Å². The van der Waals surface area contributed by atoms with Crippen molar-refractivity contribution in [3.8, 4) is 33.6 Å². The Kier molecular flexibility index (Phi) is 5.47. The van der Waals surface area contributed by atoms with Crippen LogP contribution in [0.4, 0.5) is 0 Å². The predicted molar refractivity (Wildman–Crippen MR) is 206 cm³/mol. The van der Waals surface area contributed by atoms with Crippen molar-refractivity contribution < 1.29 is 0 Å². The molecule has 11 rings (SSSR count). The van der Waals surface area contributed by atoms with Crippen LogP contribution in [0.5, 0.6) is 0 Å². The van der Waals surface area contributed by atoms with Gasteiger partial charge in [-0.2, -0.15) is 0 Å². The van der Waals surface area contributed by atoms with Gasteiger partial charge in [0.1, 0.15) is 0 Å². The second-order valence-electron chi connectivity index (χ2n) is 13.3. The van der Waals surface area contributed by atoms with Gasteiger partial charge in [0.2, 0.25) is 0 Å². The fraction of sp³-hybridized carbons (Fsp3) is 0.0213. The lowest BCUT2D eigenvalue weighted by atomic mass is 9.94. The van der Waals surface area contributed by atoms with E-state index in [2.05, 4.69) is 179 Å². The summed E-state index contributed by atoms with van der Waals surface area (Å²) in [6, 6.07) is 62.5. The molecule has 1 aliphatic carbocycles. The largest absolute Gasteiger partial charge is 0.309 e. The van der Waals surface area contributed by atoms with E-state index in [0.717, 1.165) is 6.42 Å². The third kappa shape index (κ3) is 3.71. The number of benzene rings is 8. The normalized spacial score (nSPS) is 12.4. The first-order valence-corrected chi connectivity index (χ1v) is 17.1. The van der Waals surface area contributed by atoms with Crippen molar-refractivity contribution in [2.75, 3.05) is 0 Å². The van der Waals surface area contributed by atoms with E-state index in [4.69, 9.17) is 0 Å². The topological polar surface area (TPSA) is 9.86 Å². The van der Waals surface area contributed by atoms with Gasteiger partial charge in [0.25, 0.3) is 0 Å². The maximum Gasteiger partial charge on any atom is 0.0549 e. The van der Waals surface area contributed by atoms with E-state index in [9.17, 15) is 0 Å². The molecule has 2 heteroatoms. The molecule has 0 amide bonds. The van der Waals surface area contributed by atoms with E-state index < -0.39 is 0 Å². The van der Waals surface area contributed by atoms with Crippen LogP contribution in [0, 0.1) is 0 Å². The summed E-state index contributed by atoms with van der Waals surface area (Å²) in [4.78, 5) is 0. The molecule has 0 atom stereocenters. The molecule has 0 unspecified atom stereocenters. The quantitative estimate of drug-likeness (QED) is 0.186. The van der Waals surface area contributed by atoms with Gasteiger partial charge >= 0.3 is 0 Å². The molecule has 0 radical (unpaired) electrons.